The van der Waals surface area contributed by atoms with Crippen molar-refractivity contribution in [3.63, 3.8) is 0 Å². The number of rotatable bonds is 4. The molecule has 4 nitrogen and oxygen atoms in total. The molecule has 1 aromatic heterocycles. The highest BCUT2D eigenvalue weighted by Gasteiger charge is 2.21. The van der Waals surface area contributed by atoms with Gasteiger partial charge in [-0.05, 0) is 39.7 Å². The second-order valence-corrected chi connectivity index (χ2v) is 7.63. The van der Waals surface area contributed by atoms with Crippen LogP contribution in [-0.2, 0) is 16.6 Å². The lowest BCUT2D eigenvalue weighted by Crippen LogP contribution is -2.26. The number of nitrogens with zero attached hydrogens (tertiary/aromatic N) is 2. The van der Waals surface area contributed by atoms with Crippen molar-refractivity contribution in [3.8, 4) is 0 Å². The van der Waals surface area contributed by atoms with Crippen LogP contribution in [0, 0.1) is 0 Å². The molecule has 0 aliphatic rings. The van der Waals surface area contributed by atoms with Crippen LogP contribution in [0.25, 0.3) is 0 Å². The average molecular weight is 376 g/mol. The Balaban J connectivity index is 2.26. The van der Waals surface area contributed by atoms with E-state index in [4.69, 9.17) is 11.6 Å². The van der Waals surface area contributed by atoms with Crippen molar-refractivity contribution in [1.29, 1.82) is 0 Å². The maximum absolute atomic E-state index is 12.4. The van der Waals surface area contributed by atoms with Gasteiger partial charge in [0.25, 0.3) is 0 Å². The lowest BCUT2D eigenvalue weighted by atomic mass is 10.2. The van der Waals surface area contributed by atoms with E-state index >= 15 is 0 Å². The van der Waals surface area contributed by atoms with Gasteiger partial charge in [0.2, 0.25) is 10.0 Å². The summed E-state index contributed by atoms with van der Waals surface area (Å²) in [6.45, 7) is 0.245. The maximum atomic E-state index is 12.4. The molecular weight excluding hydrogens is 364 g/mol. The van der Waals surface area contributed by atoms with E-state index in [9.17, 15) is 8.42 Å². The number of aromatic nitrogens is 1. The molecular formula is C13H12BrClN2O2S. The second kappa shape index (κ2) is 6.22. The SMILES string of the molecule is CN(Cc1cccc(Cl)c1)S(=O)(=O)c1cncc(Br)c1. The summed E-state index contributed by atoms with van der Waals surface area (Å²) in [5.41, 5.74) is 0.825. The molecule has 0 saturated carbocycles. The van der Waals surface area contributed by atoms with Crippen molar-refractivity contribution < 1.29 is 8.42 Å². The fraction of sp³-hybridized carbons (Fsp3) is 0.154. The topological polar surface area (TPSA) is 50.3 Å². The molecule has 0 unspecified atom stereocenters. The van der Waals surface area contributed by atoms with E-state index in [2.05, 4.69) is 20.9 Å². The first-order chi connectivity index (χ1) is 9.39. The van der Waals surface area contributed by atoms with Gasteiger partial charge in [-0.15, -0.1) is 0 Å². The van der Waals surface area contributed by atoms with Crippen LogP contribution in [-0.4, -0.2) is 24.8 Å². The van der Waals surface area contributed by atoms with Crippen LogP contribution in [0.4, 0.5) is 0 Å². The molecule has 0 saturated heterocycles. The summed E-state index contributed by atoms with van der Waals surface area (Å²) in [4.78, 5) is 4.03. The minimum absolute atomic E-state index is 0.149. The minimum atomic E-state index is -3.57. The van der Waals surface area contributed by atoms with Crippen molar-refractivity contribution >= 4 is 37.6 Å². The maximum Gasteiger partial charge on any atom is 0.244 e. The molecule has 0 N–H and O–H groups in total. The third-order valence-corrected chi connectivity index (χ3v) is 5.12. The fourth-order valence-corrected chi connectivity index (χ4v) is 3.57. The van der Waals surface area contributed by atoms with Crippen molar-refractivity contribution in [1.82, 2.24) is 9.29 Å². The Morgan fingerprint density at radius 2 is 2.05 bits per heavy atom. The summed E-state index contributed by atoms with van der Waals surface area (Å²) in [5.74, 6) is 0. The second-order valence-electron chi connectivity index (χ2n) is 4.23. The van der Waals surface area contributed by atoms with Crippen LogP contribution >= 0.6 is 27.5 Å². The summed E-state index contributed by atoms with van der Waals surface area (Å²) in [5, 5.41) is 0.581. The van der Waals surface area contributed by atoms with E-state index in [-0.39, 0.29) is 11.4 Å². The molecule has 0 spiro atoms. The Morgan fingerprint density at radius 3 is 2.70 bits per heavy atom. The standard InChI is InChI=1S/C13H12BrClN2O2S/c1-17(9-10-3-2-4-12(15)5-10)20(18,19)13-6-11(14)7-16-8-13/h2-8H,9H2,1H3. The molecule has 0 bridgehead atoms. The molecule has 20 heavy (non-hydrogen) atoms. The van der Waals surface area contributed by atoms with Crippen LogP contribution in [0.3, 0.4) is 0 Å². The van der Waals surface area contributed by atoms with Gasteiger partial charge in [-0.3, -0.25) is 4.98 Å². The zero-order valence-electron chi connectivity index (χ0n) is 10.6. The predicted molar refractivity (Wildman–Crippen MR) is 82.0 cm³/mol. The molecule has 0 atom stereocenters. The molecule has 0 aliphatic heterocycles. The normalized spacial score (nSPS) is 11.8. The van der Waals surface area contributed by atoms with Gasteiger partial charge in [0.05, 0.1) is 0 Å². The third kappa shape index (κ3) is 3.58. The van der Waals surface area contributed by atoms with Gasteiger partial charge in [0.15, 0.2) is 0 Å². The van der Waals surface area contributed by atoms with Crippen LogP contribution < -0.4 is 0 Å². The number of benzene rings is 1. The first-order valence-corrected chi connectivity index (χ1v) is 8.32. The highest BCUT2D eigenvalue weighted by Crippen LogP contribution is 2.20. The van der Waals surface area contributed by atoms with Gasteiger partial charge in [-0.25, -0.2) is 8.42 Å². The van der Waals surface area contributed by atoms with Gasteiger partial charge in [0, 0.05) is 35.5 Å². The zero-order valence-corrected chi connectivity index (χ0v) is 13.8. The summed E-state index contributed by atoms with van der Waals surface area (Å²) in [6, 6.07) is 8.64. The lowest BCUT2D eigenvalue weighted by Gasteiger charge is -2.17. The molecule has 2 rings (SSSR count). The zero-order chi connectivity index (χ0) is 14.8. The Kier molecular flexibility index (Phi) is 4.80. The number of pyridine rings is 1. The van der Waals surface area contributed by atoms with Gasteiger partial charge in [0.1, 0.15) is 4.90 Å². The van der Waals surface area contributed by atoms with E-state index in [1.165, 1.54) is 29.8 Å². The Labute approximate surface area is 131 Å². The van der Waals surface area contributed by atoms with E-state index in [0.29, 0.717) is 9.50 Å². The average Bonchev–Trinajstić information content (AvgIpc) is 2.38. The Morgan fingerprint density at radius 1 is 1.30 bits per heavy atom. The smallest absolute Gasteiger partial charge is 0.244 e. The van der Waals surface area contributed by atoms with E-state index in [0.717, 1.165) is 5.56 Å². The van der Waals surface area contributed by atoms with Crippen molar-refractivity contribution in [2.75, 3.05) is 7.05 Å². The first kappa shape index (κ1) is 15.4. The van der Waals surface area contributed by atoms with Gasteiger partial charge in [-0.2, -0.15) is 4.31 Å². The van der Waals surface area contributed by atoms with Crippen LogP contribution in [0.1, 0.15) is 5.56 Å². The van der Waals surface area contributed by atoms with Crippen LogP contribution in [0.5, 0.6) is 0 Å². The monoisotopic (exact) mass is 374 g/mol. The molecule has 0 aliphatic carbocycles. The van der Waals surface area contributed by atoms with E-state index in [1.54, 1.807) is 18.2 Å². The highest BCUT2D eigenvalue weighted by atomic mass is 79.9. The van der Waals surface area contributed by atoms with Crippen LogP contribution in [0.15, 0.2) is 52.1 Å². The first-order valence-electron chi connectivity index (χ1n) is 5.71. The van der Waals surface area contributed by atoms with Gasteiger partial charge >= 0.3 is 0 Å². The molecule has 2 aromatic rings. The molecule has 7 heteroatoms. The Bertz CT molecular complexity index is 722. The molecule has 0 radical (unpaired) electrons. The van der Waals surface area contributed by atoms with Crippen LogP contribution in [0.2, 0.25) is 5.02 Å². The van der Waals surface area contributed by atoms with Gasteiger partial charge in [-0.1, -0.05) is 23.7 Å². The van der Waals surface area contributed by atoms with Gasteiger partial charge < -0.3 is 0 Å². The number of halogens is 2. The summed E-state index contributed by atoms with van der Waals surface area (Å²) in [6.07, 6.45) is 2.87. The molecule has 0 fully saturated rings. The van der Waals surface area contributed by atoms with Crippen molar-refractivity contribution in [2.24, 2.45) is 0 Å². The molecule has 1 aromatic carbocycles. The quantitative estimate of drug-likeness (QED) is 0.823. The Hall–Kier alpha value is -0.950. The number of hydrogen-bond donors (Lipinski definition) is 0. The van der Waals surface area contributed by atoms with E-state index < -0.39 is 10.0 Å². The molecule has 0 amide bonds. The molecule has 1 heterocycles. The third-order valence-electron chi connectivity index (χ3n) is 2.68. The predicted octanol–water partition coefficient (Wildman–Crippen LogP) is 3.32. The summed E-state index contributed by atoms with van der Waals surface area (Å²) in [7, 11) is -2.05. The summed E-state index contributed by atoms with van der Waals surface area (Å²) >= 11 is 9.11. The largest absolute Gasteiger partial charge is 0.262 e. The highest BCUT2D eigenvalue weighted by molar-refractivity contribution is 9.10. The number of hydrogen-bond acceptors (Lipinski definition) is 3. The minimum Gasteiger partial charge on any atom is -0.262 e. The molecule has 106 valence electrons. The van der Waals surface area contributed by atoms with Crippen molar-refractivity contribution in [2.45, 2.75) is 11.4 Å². The fourth-order valence-electron chi connectivity index (χ4n) is 1.69. The lowest BCUT2D eigenvalue weighted by molar-refractivity contribution is 0.466. The van der Waals surface area contributed by atoms with Crippen molar-refractivity contribution in [3.05, 3.63) is 57.8 Å². The summed E-state index contributed by atoms with van der Waals surface area (Å²) < 4.78 is 26.7. The number of sulfonamides is 1. The van der Waals surface area contributed by atoms with E-state index in [1.807, 2.05) is 6.07 Å².